The number of ether oxygens (including phenoxy) is 1. The summed E-state index contributed by atoms with van der Waals surface area (Å²) in [7, 11) is 1.47. The van der Waals surface area contributed by atoms with Crippen molar-refractivity contribution in [1.82, 2.24) is 0 Å². The van der Waals surface area contributed by atoms with Crippen LogP contribution in [0.15, 0.2) is 35.9 Å². The maximum atomic E-state index is 12.0. The van der Waals surface area contributed by atoms with E-state index >= 15 is 0 Å². The number of hydrogen-bond acceptors (Lipinski definition) is 4. The van der Waals surface area contributed by atoms with Crippen LogP contribution in [-0.2, 0) is 9.59 Å². The second kappa shape index (κ2) is 6.19. The van der Waals surface area contributed by atoms with E-state index in [9.17, 15) is 14.7 Å². The fraction of sp³-hybridized carbons (Fsp3) is 0.250. The number of hydrogen-bond donors (Lipinski definition) is 1. The van der Waals surface area contributed by atoms with Gasteiger partial charge in [-0.25, -0.2) is 0 Å². The van der Waals surface area contributed by atoms with Gasteiger partial charge in [-0.2, -0.15) is 0 Å². The number of methoxy groups -OCH3 is 1. The van der Waals surface area contributed by atoms with E-state index in [2.05, 4.69) is 0 Å². The molecule has 0 atom stereocenters. The van der Waals surface area contributed by atoms with Gasteiger partial charge in [-0.3, -0.25) is 9.59 Å². The number of Topliss-reactive ketones (excluding diaryl/α,β-unsaturated/α-hetero) is 1. The number of benzene rings is 1. The number of phenolic OH excluding ortho intramolecular Hbond substituents is 1. The zero-order valence-corrected chi connectivity index (χ0v) is 11.3. The number of aromatic hydroxyl groups is 1. The van der Waals surface area contributed by atoms with Crippen molar-refractivity contribution >= 4 is 17.6 Å². The Balaban J connectivity index is 2.09. The first-order valence-corrected chi connectivity index (χ1v) is 6.40. The first-order chi connectivity index (χ1) is 9.60. The Labute approximate surface area is 117 Å². The summed E-state index contributed by atoms with van der Waals surface area (Å²) >= 11 is 0. The molecule has 0 aliphatic heterocycles. The van der Waals surface area contributed by atoms with Crippen LogP contribution in [0.3, 0.4) is 0 Å². The number of rotatable bonds is 4. The molecular weight excluding hydrogens is 256 g/mol. The molecule has 0 radical (unpaired) electrons. The normalized spacial score (nSPS) is 15.2. The first-order valence-electron chi connectivity index (χ1n) is 6.40. The lowest BCUT2D eigenvalue weighted by Gasteiger charge is -2.08. The van der Waals surface area contributed by atoms with Crippen LogP contribution in [0.1, 0.15) is 24.8 Å². The summed E-state index contributed by atoms with van der Waals surface area (Å²) in [5, 5.41) is 9.48. The summed E-state index contributed by atoms with van der Waals surface area (Å²) in [6, 6.07) is 4.86. The molecule has 1 aromatic rings. The third-order valence-electron chi connectivity index (χ3n) is 3.20. The average Bonchev–Trinajstić information content (AvgIpc) is 2.46. The SMILES string of the molecule is COc1cc(C=CC(=O)C2=CCC(=O)CC2)ccc1O. The first kappa shape index (κ1) is 14.1. The highest BCUT2D eigenvalue weighted by Crippen LogP contribution is 2.27. The number of ketones is 2. The molecule has 1 aliphatic rings. The van der Waals surface area contributed by atoms with Crippen molar-refractivity contribution in [1.29, 1.82) is 0 Å². The molecule has 4 heteroatoms. The van der Waals surface area contributed by atoms with Gasteiger partial charge < -0.3 is 9.84 Å². The van der Waals surface area contributed by atoms with Crippen molar-refractivity contribution in [3.63, 3.8) is 0 Å². The molecule has 2 rings (SSSR count). The Bertz CT molecular complexity index is 596. The molecule has 0 spiro atoms. The van der Waals surface area contributed by atoms with Crippen LogP contribution < -0.4 is 4.74 Å². The molecule has 104 valence electrons. The lowest BCUT2D eigenvalue weighted by molar-refractivity contribution is -0.118. The van der Waals surface area contributed by atoms with E-state index in [0.29, 0.717) is 30.6 Å². The van der Waals surface area contributed by atoms with E-state index in [0.717, 1.165) is 5.56 Å². The van der Waals surface area contributed by atoms with E-state index in [4.69, 9.17) is 4.74 Å². The topological polar surface area (TPSA) is 63.6 Å². The van der Waals surface area contributed by atoms with Gasteiger partial charge in [-0.05, 0) is 35.8 Å². The summed E-state index contributed by atoms with van der Waals surface area (Å²) in [6.45, 7) is 0. The molecular formula is C16H16O4. The van der Waals surface area contributed by atoms with E-state index in [1.807, 2.05) is 0 Å². The fourth-order valence-corrected chi connectivity index (χ4v) is 2.02. The molecule has 0 aromatic heterocycles. The standard InChI is InChI=1S/C16H16O4/c1-20-16-10-11(3-9-15(16)19)2-8-14(18)12-4-6-13(17)7-5-12/h2-4,8-10,19H,5-7H2,1H3. The minimum atomic E-state index is -0.0791. The van der Waals surface area contributed by atoms with Crippen LogP contribution in [0.5, 0.6) is 11.5 Å². The fourth-order valence-electron chi connectivity index (χ4n) is 2.02. The number of carbonyl (C=O) groups is 2. The number of phenols is 1. The highest BCUT2D eigenvalue weighted by atomic mass is 16.5. The minimum Gasteiger partial charge on any atom is -0.504 e. The highest BCUT2D eigenvalue weighted by molar-refractivity contribution is 6.07. The Morgan fingerprint density at radius 2 is 2.15 bits per heavy atom. The Kier molecular flexibility index (Phi) is 4.35. The van der Waals surface area contributed by atoms with Crippen LogP contribution in [0.4, 0.5) is 0 Å². The van der Waals surface area contributed by atoms with Gasteiger partial charge in [0.25, 0.3) is 0 Å². The summed E-state index contributed by atoms with van der Waals surface area (Å²) in [5.74, 6) is 0.518. The lowest BCUT2D eigenvalue weighted by Crippen LogP contribution is -2.08. The van der Waals surface area contributed by atoms with E-state index in [1.165, 1.54) is 19.3 Å². The van der Waals surface area contributed by atoms with Gasteiger partial charge in [0.1, 0.15) is 5.78 Å². The highest BCUT2D eigenvalue weighted by Gasteiger charge is 2.14. The van der Waals surface area contributed by atoms with Crippen LogP contribution >= 0.6 is 0 Å². The quantitative estimate of drug-likeness (QED) is 0.856. The van der Waals surface area contributed by atoms with Crippen molar-refractivity contribution in [2.24, 2.45) is 0 Å². The van der Waals surface area contributed by atoms with Crippen molar-refractivity contribution in [3.8, 4) is 11.5 Å². The second-order valence-electron chi connectivity index (χ2n) is 4.60. The molecule has 1 aromatic carbocycles. The molecule has 0 heterocycles. The zero-order valence-electron chi connectivity index (χ0n) is 11.3. The van der Waals surface area contributed by atoms with Crippen molar-refractivity contribution in [2.75, 3.05) is 7.11 Å². The third kappa shape index (κ3) is 3.35. The Morgan fingerprint density at radius 3 is 2.80 bits per heavy atom. The minimum absolute atomic E-state index is 0.0597. The molecule has 0 fully saturated rings. The van der Waals surface area contributed by atoms with Crippen molar-refractivity contribution < 1.29 is 19.4 Å². The van der Waals surface area contributed by atoms with Gasteiger partial charge >= 0.3 is 0 Å². The van der Waals surface area contributed by atoms with Crippen LogP contribution in [0.2, 0.25) is 0 Å². The molecule has 0 unspecified atom stereocenters. The van der Waals surface area contributed by atoms with Crippen LogP contribution in [-0.4, -0.2) is 23.8 Å². The average molecular weight is 272 g/mol. The van der Waals surface area contributed by atoms with Crippen molar-refractivity contribution in [3.05, 3.63) is 41.5 Å². The van der Waals surface area contributed by atoms with Crippen LogP contribution in [0.25, 0.3) is 6.08 Å². The van der Waals surface area contributed by atoms with Gasteiger partial charge in [-0.1, -0.05) is 18.2 Å². The summed E-state index contributed by atoms with van der Waals surface area (Å²) in [5.41, 5.74) is 1.45. The van der Waals surface area contributed by atoms with E-state index in [-0.39, 0.29) is 17.3 Å². The second-order valence-corrected chi connectivity index (χ2v) is 4.60. The lowest BCUT2D eigenvalue weighted by atomic mass is 9.95. The summed E-state index contributed by atoms with van der Waals surface area (Å²) < 4.78 is 5.00. The maximum Gasteiger partial charge on any atom is 0.181 e. The van der Waals surface area contributed by atoms with Gasteiger partial charge in [0.15, 0.2) is 17.3 Å². The zero-order chi connectivity index (χ0) is 14.5. The number of carbonyl (C=O) groups excluding carboxylic acids is 2. The molecule has 20 heavy (non-hydrogen) atoms. The molecule has 0 saturated carbocycles. The molecule has 0 amide bonds. The van der Waals surface area contributed by atoms with Gasteiger partial charge in [-0.15, -0.1) is 0 Å². The molecule has 0 saturated heterocycles. The molecule has 1 N–H and O–H groups in total. The smallest absolute Gasteiger partial charge is 0.181 e. The summed E-state index contributed by atoms with van der Waals surface area (Å²) in [4.78, 5) is 23.1. The van der Waals surface area contributed by atoms with Gasteiger partial charge in [0.05, 0.1) is 7.11 Å². The van der Waals surface area contributed by atoms with E-state index < -0.39 is 0 Å². The third-order valence-corrected chi connectivity index (χ3v) is 3.20. The Morgan fingerprint density at radius 1 is 1.35 bits per heavy atom. The predicted molar refractivity (Wildman–Crippen MR) is 75.6 cm³/mol. The van der Waals surface area contributed by atoms with Crippen molar-refractivity contribution in [2.45, 2.75) is 19.3 Å². The molecule has 4 nitrogen and oxygen atoms in total. The Hall–Kier alpha value is -2.36. The van der Waals surface area contributed by atoms with Gasteiger partial charge in [0, 0.05) is 12.8 Å². The maximum absolute atomic E-state index is 12.0. The molecule has 0 bridgehead atoms. The van der Waals surface area contributed by atoms with Crippen LogP contribution in [0, 0.1) is 0 Å². The predicted octanol–water partition coefficient (Wildman–Crippen LogP) is 2.66. The van der Waals surface area contributed by atoms with E-state index in [1.54, 1.807) is 24.3 Å². The monoisotopic (exact) mass is 272 g/mol. The summed E-state index contributed by atoms with van der Waals surface area (Å²) in [6.07, 6.45) is 6.16. The molecule has 1 aliphatic carbocycles. The number of allylic oxidation sites excluding steroid dienone is 3. The largest absolute Gasteiger partial charge is 0.504 e. The van der Waals surface area contributed by atoms with Gasteiger partial charge in [0.2, 0.25) is 0 Å².